The number of nitrogens with one attached hydrogen (secondary N) is 2. The first-order valence-electron chi connectivity index (χ1n) is 6.45. The molecular formula is C14H18N2O3. The molecule has 1 saturated heterocycles. The molecule has 2 amide bonds. The highest BCUT2D eigenvalue weighted by Crippen LogP contribution is 2.17. The van der Waals surface area contributed by atoms with Crippen LogP contribution in [0.25, 0.3) is 0 Å². The molecule has 5 heteroatoms. The molecule has 1 heterocycles. The van der Waals surface area contributed by atoms with Gasteiger partial charge in [-0.3, -0.25) is 9.59 Å². The highest BCUT2D eigenvalue weighted by Gasteiger charge is 2.21. The van der Waals surface area contributed by atoms with Crippen molar-refractivity contribution >= 4 is 23.2 Å². The maximum atomic E-state index is 11.9. The molecule has 1 atom stereocenters. The smallest absolute Gasteiger partial charge is 0.253 e. The summed E-state index contributed by atoms with van der Waals surface area (Å²) < 4.78 is 5.42. The standard InChI is InChI=1S/C14H18N2O3/c1-10(17)15-11-5-7-12(8-6-11)16-14(18)13-4-2-3-9-19-13/h5-8,13H,2-4,9H2,1H3,(H,15,17)(H,16,18). The van der Waals surface area contributed by atoms with Gasteiger partial charge >= 0.3 is 0 Å². The number of hydrogen-bond donors (Lipinski definition) is 2. The lowest BCUT2D eigenvalue weighted by Gasteiger charge is -2.21. The molecule has 102 valence electrons. The van der Waals surface area contributed by atoms with Gasteiger partial charge in [-0.15, -0.1) is 0 Å². The quantitative estimate of drug-likeness (QED) is 0.877. The summed E-state index contributed by atoms with van der Waals surface area (Å²) in [6.07, 6.45) is 2.48. The van der Waals surface area contributed by atoms with Crippen molar-refractivity contribution in [2.45, 2.75) is 32.3 Å². The van der Waals surface area contributed by atoms with E-state index in [2.05, 4.69) is 10.6 Å². The van der Waals surface area contributed by atoms with Gasteiger partial charge in [0.2, 0.25) is 5.91 Å². The molecule has 0 radical (unpaired) electrons. The zero-order chi connectivity index (χ0) is 13.7. The van der Waals surface area contributed by atoms with Crippen LogP contribution in [0.4, 0.5) is 11.4 Å². The monoisotopic (exact) mass is 262 g/mol. The molecule has 1 fully saturated rings. The first-order valence-corrected chi connectivity index (χ1v) is 6.45. The summed E-state index contributed by atoms with van der Waals surface area (Å²) in [4.78, 5) is 22.8. The van der Waals surface area contributed by atoms with Crippen molar-refractivity contribution in [3.8, 4) is 0 Å². The van der Waals surface area contributed by atoms with Crippen LogP contribution >= 0.6 is 0 Å². The van der Waals surface area contributed by atoms with E-state index in [-0.39, 0.29) is 17.9 Å². The second kappa shape index (κ2) is 6.33. The second-order valence-corrected chi connectivity index (χ2v) is 4.60. The van der Waals surface area contributed by atoms with Crippen molar-refractivity contribution in [3.63, 3.8) is 0 Å². The number of amides is 2. The molecule has 2 rings (SSSR count). The fraction of sp³-hybridized carbons (Fsp3) is 0.429. The number of carbonyl (C=O) groups excluding carboxylic acids is 2. The van der Waals surface area contributed by atoms with E-state index in [9.17, 15) is 9.59 Å². The molecule has 0 aliphatic carbocycles. The Balaban J connectivity index is 1.91. The van der Waals surface area contributed by atoms with Gasteiger partial charge in [-0.05, 0) is 43.5 Å². The summed E-state index contributed by atoms with van der Waals surface area (Å²) in [5.74, 6) is -0.223. The third-order valence-corrected chi connectivity index (χ3v) is 2.94. The van der Waals surface area contributed by atoms with Crippen LogP contribution < -0.4 is 10.6 Å². The van der Waals surface area contributed by atoms with Gasteiger partial charge in [0.1, 0.15) is 6.10 Å². The summed E-state index contributed by atoms with van der Waals surface area (Å²) in [6.45, 7) is 2.11. The molecule has 0 saturated carbocycles. The maximum Gasteiger partial charge on any atom is 0.253 e. The molecule has 5 nitrogen and oxygen atoms in total. The molecule has 1 aliphatic heterocycles. The summed E-state index contributed by atoms with van der Waals surface area (Å²) in [6, 6.07) is 7.01. The molecule has 1 aliphatic rings. The number of carbonyl (C=O) groups is 2. The van der Waals surface area contributed by atoms with Gasteiger partial charge in [-0.1, -0.05) is 0 Å². The van der Waals surface area contributed by atoms with Crippen LogP contribution in [-0.4, -0.2) is 24.5 Å². The Labute approximate surface area is 112 Å². The summed E-state index contributed by atoms with van der Waals surface area (Å²) >= 11 is 0. The SMILES string of the molecule is CC(=O)Nc1ccc(NC(=O)C2CCCCO2)cc1. The fourth-order valence-electron chi connectivity index (χ4n) is 2.01. The molecule has 0 bridgehead atoms. The van der Waals surface area contributed by atoms with Crippen molar-refractivity contribution in [2.24, 2.45) is 0 Å². The number of benzene rings is 1. The van der Waals surface area contributed by atoms with Gasteiger partial charge in [0.15, 0.2) is 0 Å². The summed E-state index contributed by atoms with van der Waals surface area (Å²) in [5.41, 5.74) is 1.41. The zero-order valence-electron chi connectivity index (χ0n) is 10.9. The van der Waals surface area contributed by atoms with Crippen molar-refractivity contribution < 1.29 is 14.3 Å². The molecule has 1 aromatic carbocycles. The van der Waals surface area contributed by atoms with Crippen LogP contribution in [0.3, 0.4) is 0 Å². The van der Waals surface area contributed by atoms with E-state index in [4.69, 9.17) is 4.74 Å². The maximum absolute atomic E-state index is 11.9. The van der Waals surface area contributed by atoms with Crippen molar-refractivity contribution in [2.75, 3.05) is 17.2 Å². The fourth-order valence-corrected chi connectivity index (χ4v) is 2.01. The predicted molar refractivity (Wildman–Crippen MR) is 73.0 cm³/mol. The first-order chi connectivity index (χ1) is 9.15. The van der Waals surface area contributed by atoms with Crippen LogP contribution in [0, 0.1) is 0 Å². The molecule has 2 N–H and O–H groups in total. The van der Waals surface area contributed by atoms with Crippen LogP contribution in [0.2, 0.25) is 0 Å². The Morgan fingerprint density at radius 2 is 1.74 bits per heavy atom. The minimum Gasteiger partial charge on any atom is -0.368 e. The third kappa shape index (κ3) is 4.06. The highest BCUT2D eigenvalue weighted by molar-refractivity contribution is 5.94. The van der Waals surface area contributed by atoms with Crippen molar-refractivity contribution in [3.05, 3.63) is 24.3 Å². The van der Waals surface area contributed by atoms with E-state index >= 15 is 0 Å². The molecule has 0 spiro atoms. The van der Waals surface area contributed by atoms with Gasteiger partial charge in [-0.25, -0.2) is 0 Å². The predicted octanol–water partition coefficient (Wildman–Crippen LogP) is 2.15. The van der Waals surface area contributed by atoms with Gasteiger partial charge in [0.05, 0.1) is 0 Å². The van der Waals surface area contributed by atoms with Crippen LogP contribution in [0.15, 0.2) is 24.3 Å². The first kappa shape index (κ1) is 13.5. The summed E-state index contributed by atoms with van der Waals surface area (Å²) in [5, 5.41) is 5.49. The Kier molecular flexibility index (Phi) is 4.52. The van der Waals surface area contributed by atoms with Crippen LogP contribution in [0.5, 0.6) is 0 Å². The second-order valence-electron chi connectivity index (χ2n) is 4.60. The topological polar surface area (TPSA) is 67.4 Å². The van der Waals surface area contributed by atoms with Gasteiger partial charge in [0.25, 0.3) is 5.91 Å². The summed E-state index contributed by atoms with van der Waals surface area (Å²) in [7, 11) is 0. The molecule has 0 aromatic heterocycles. The molecule has 19 heavy (non-hydrogen) atoms. The Bertz CT molecular complexity index is 450. The van der Waals surface area contributed by atoms with Gasteiger partial charge in [-0.2, -0.15) is 0 Å². The molecule has 1 unspecified atom stereocenters. The van der Waals surface area contributed by atoms with Crippen LogP contribution in [0.1, 0.15) is 26.2 Å². The zero-order valence-corrected chi connectivity index (χ0v) is 10.9. The van der Waals surface area contributed by atoms with E-state index in [0.717, 1.165) is 19.3 Å². The Morgan fingerprint density at radius 3 is 2.26 bits per heavy atom. The Morgan fingerprint density at radius 1 is 1.11 bits per heavy atom. The van der Waals surface area contributed by atoms with Crippen molar-refractivity contribution in [1.29, 1.82) is 0 Å². The lowest BCUT2D eigenvalue weighted by molar-refractivity contribution is -0.130. The molecule has 1 aromatic rings. The van der Waals surface area contributed by atoms with E-state index in [1.54, 1.807) is 24.3 Å². The average Bonchev–Trinajstić information content (AvgIpc) is 2.41. The lowest BCUT2D eigenvalue weighted by atomic mass is 10.1. The number of rotatable bonds is 3. The largest absolute Gasteiger partial charge is 0.368 e. The number of hydrogen-bond acceptors (Lipinski definition) is 3. The van der Waals surface area contributed by atoms with Crippen LogP contribution in [-0.2, 0) is 14.3 Å². The number of anilines is 2. The average molecular weight is 262 g/mol. The number of ether oxygens (including phenoxy) is 1. The molecular weight excluding hydrogens is 244 g/mol. The minimum absolute atomic E-state index is 0.105. The van der Waals surface area contributed by atoms with E-state index in [1.807, 2.05) is 0 Å². The van der Waals surface area contributed by atoms with E-state index in [0.29, 0.717) is 18.0 Å². The Hall–Kier alpha value is -1.88. The van der Waals surface area contributed by atoms with E-state index < -0.39 is 0 Å². The van der Waals surface area contributed by atoms with Gasteiger partial charge < -0.3 is 15.4 Å². The lowest BCUT2D eigenvalue weighted by Crippen LogP contribution is -2.33. The minimum atomic E-state index is -0.344. The third-order valence-electron chi connectivity index (χ3n) is 2.94. The highest BCUT2D eigenvalue weighted by atomic mass is 16.5. The van der Waals surface area contributed by atoms with Crippen molar-refractivity contribution in [1.82, 2.24) is 0 Å². The van der Waals surface area contributed by atoms with E-state index in [1.165, 1.54) is 6.92 Å². The normalized spacial score (nSPS) is 18.7. The van der Waals surface area contributed by atoms with Gasteiger partial charge in [0, 0.05) is 24.9 Å².